The Morgan fingerprint density at radius 2 is 2.18 bits per heavy atom. The summed E-state index contributed by atoms with van der Waals surface area (Å²) in [4.78, 5) is 0. The Bertz CT molecular complexity index is 255. The lowest BCUT2D eigenvalue weighted by Crippen LogP contribution is -2.61. The number of hydrogen-bond acceptors (Lipinski definition) is 3. The predicted molar refractivity (Wildman–Crippen MR) is 71.2 cm³/mol. The van der Waals surface area contributed by atoms with Crippen molar-refractivity contribution in [2.45, 2.75) is 58.7 Å². The lowest BCUT2D eigenvalue weighted by molar-refractivity contribution is -0.114. The third kappa shape index (κ3) is 2.67. The van der Waals surface area contributed by atoms with Crippen molar-refractivity contribution in [3.63, 3.8) is 0 Å². The van der Waals surface area contributed by atoms with Crippen LogP contribution in [0.5, 0.6) is 0 Å². The van der Waals surface area contributed by atoms with Gasteiger partial charge in [-0.1, -0.05) is 13.8 Å². The van der Waals surface area contributed by atoms with E-state index in [2.05, 4.69) is 38.3 Å². The van der Waals surface area contributed by atoms with E-state index in [1.165, 1.54) is 19.4 Å². The summed E-state index contributed by atoms with van der Waals surface area (Å²) in [5.74, 6) is 0.803. The number of hydrogen-bond donors (Lipinski definition) is 2. The number of rotatable bonds is 5. The van der Waals surface area contributed by atoms with Crippen LogP contribution < -0.4 is 10.6 Å². The SMILES string of the molecule is CCOC1CC(NCC2CCNC2C)C1(C)C. The van der Waals surface area contributed by atoms with Gasteiger partial charge in [-0.25, -0.2) is 0 Å². The zero-order valence-electron chi connectivity index (χ0n) is 11.8. The van der Waals surface area contributed by atoms with Crippen LogP contribution in [0.1, 0.15) is 40.5 Å². The molecular formula is C14H28N2O. The molecule has 0 bridgehead atoms. The van der Waals surface area contributed by atoms with Crippen LogP contribution in [0.25, 0.3) is 0 Å². The molecule has 0 radical (unpaired) electrons. The second kappa shape index (κ2) is 5.25. The van der Waals surface area contributed by atoms with Crippen molar-refractivity contribution < 1.29 is 4.74 Å². The lowest BCUT2D eigenvalue weighted by atomic mass is 9.64. The summed E-state index contributed by atoms with van der Waals surface area (Å²) in [7, 11) is 0. The van der Waals surface area contributed by atoms with Crippen LogP contribution in [-0.4, -0.2) is 37.9 Å². The van der Waals surface area contributed by atoms with E-state index < -0.39 is 0 Å². The summed E-state index contributed by atoms with van der Waals surface area (Å²) in [6.07, 6.45) is 2.94. The molecule has 0 aromatic heterocycles. The van der Waals surface area contributed by atoms with Crippen LogP contribution >= 0.6 is 0 Å². The van der Waals surface area contributed by atoms with Crippen LogP contribution in [0.3, 0.4) is 0 Å². The zero-order valence-corrected chi connectivity index (χ0v) is 11.8. The normalized spacial score (nSPS) is 40.2. The minimum absolute atomic E-state index is 0.297. The summed E-state index contributed by atoms with van der Waals surface area (Å²) in [6, 6.07) is 1.31. The summed E-state index contributed by atoms with van der Waals surface area (Å²) >= 11 is 0. The fourth-order valence-electron chi connectivity index (χ4n) is 3.20. The van der Waals surface area contributed by atoms with E-state index in [0.29, 0.717) is 23.6 Å². The Kier molecular flexibility index (Phi) is 4.11. The first-order valence-corrected chi connectivity index (χ1v) is 7.14. The average Bonchev–Trinajstić information content (AvgIpc) is 2.68. The third-order valence-electron chi connectivity index (χ3n) is 4.86. The van der Waals surface area contributed by atoms with Gasteiger partial charge in [0.05, 0.1) is 6.10 Å². The third-order valence-corrected chi connectivity index (χ3v) is 4.86. The van der Waals surface area contributed by atoms with Gasteiger partial charge in [-0.15, -0.1) is 0 Å². The highest BCUT2D eigenvalue weighted by Crippen LogP contribution is 2.42. The van der Waals surface area contributed by atoms with E-state index >= 15 is 0 Å². The molecule has 2 rings (SSSR count). The van der Waals surface area contributed by atoms with Gasteiger partial charge >= 0.3 is 0 Å². The van der Waals surface area contributed by atoms with Crippen LogP contribution in [0.4, 0.5) is 0 Å². The average molecular weight is 240 g/mol. The second-order valence-electron chi connectivity index (χ2n) is 6.25. The molecule has 1 saturated carbocycles. The van der Waals surface area contributed by atoms with E-state index in [1.807, 2.05) is 0 Å². The largest absolute Gasteiger partial charge is 0.378 e. The van der Waals surface area contributed by atoms with Crippen molar-refractivity contribution >= 4 is 0 Å². The van der Waals surface area contributed by atoms with Gasteiger partial charge in [-0.2, -0.15) is 0 Å². The number of nitrogens with one attached hydrogen (secondary N) is 2. The van der Waals surface area contributed by atoms with Crippen molar-refractivity contribution in [2.24, 2.45) is 11.3 Å². The Balaban J connectivity index is 1.74. The maximum absolute atomic E-state index is 5.76. The van der Waals surface area contributed by atoms with Crippen molar-refractivity contribution in [3.8, 4) is 0 Å². The highest BCUT2D eigenvalue weighted by Gasteiger charge is 2.48. The van der Waals surface area contributed by atoms with Crippen LogP contribution in [-0.2, 0) is 4.74 Å². The molecule has 1 heterocycles. The highest BCUT2D eigenvalue weighted by atomic mass is 16.5. The molecule has 3 heteroatoms. The topological polar surface area (TPSA) is 33.3 Å². The zero-order chi connectivity index (χ0) is 12.5. The summed E-state index contributed by atoms with van der Waals surface area (Å²) in [6.45, 7) is 12.2. The van der Waals surface area contributed by atoms with E-state index in [-0.39, 0.29) is 0 Å². The molecule has 0 spiro atoms. The monoisotopic (exact) mass is 240 g/mol. The van der Waals surface area contributed by atoms with Crippen molar-refractivity contribution in [2.75, 3.05) is 19.7 Å². The van der Waals surface area contributed by atoms with Crippen molar-refractivity contribution in [1.29, 1.82) is 0 Å². The molecule has 17 heavy (non-hydrogen) atoms. The van der Waals surface area contributed by atoms with Gasteiger partial charge < -0.3 is 15.4 Å². The number of ether oxygens (including phenoxy) is 1. The molecule has 1 aliphatic carbocycles. The molecule has 0 aromatic rings. The molecule has 1 aliphatic heterocycles. The van der Waals surface area contributed by atoms with Gasteiger partial charge in [-0.3, -0.25) is 0 Å². The molecule has 2 fully saturated rings. The fraction of sp³-hybridized carbons (Fsp3) is 1.00. The molecule has 4 unspecified atom stereocenters. The van der Waals surface area contributed by atoms with Gasteiger partial charge in [0.1, 0.15) is 0 Å². The maximum atomic E-state index is 5.76. The summed E-state index contributed by atoms with van der Waals surface area (Å²) in [5, 5.41) is 7.26. The smallest absolute Gasteiger partial charge is 0.0655 e. The maximum Gasteiger partial charge on any atom is 0.0655 e. The first kappa shape index (κ1) is 13.3. The van der Waals surface area contributed by atoms with Crippen LogP contribution in [0.15, 0.2) is 0 Å². The molecule has 0 aromatic carbocycles. The van der Waals surface area contributed by atoms with Gasteiger partial charge in [0.15, 0.2) is 0 Å². The van der Waals surface area contributed by atoms with Gasteiger partial charge in [-0.05, 0) is 45.7 Å². The minimum Gasteiger partial charge on any atom is -0.378 e. The van der Waals surface area contributed by atoms with Gasteiger partial charge in [0.2, 0.25) is 0 Å². The Labute approximate surface area is 106 Å². The molecule has 2 aliphatic rings. The van der Waals surface area contributed by atoms with Gasteiger partial charge in [0, 0.05) is 24.1 Å². The highest BCUT2D eigenvalue weighted by molar-refractivity contribution is 5.03. The molecule has 1 saturated heterocycles. The molecule has 100 valence electrons. The van der Waals surface area contributed by atoms with E-state index in [4.69, 9.17) is 4.74 Å². The first-order chi connectivity index (χ1) is 8.05. The first-order valence-electron chi connectivity index (χ1n) is 7.14. The lowest BCUT2D eigenvalue weighted by Gasteiger charge is -2.52. The second-order valence-corrected chi connectivity index (χ2v) is 6.25. The molecule has 4 atom stereocenters. The Hall–Kier alpha value is -0.120. The molecule has 2 N–H and O–H groups in total. The van der Waals surface area contributed by atoms with Gasteiger partial charge in [0.25, 0.3) is 0 Å². The summed E-state index contributed by atoms with van der Waals surface area (Å²) in [5.41, 5.74) is 0.297. The van der Waals surface area contributed by atoms with E-state index in [1.54, 1.807) is 0 Å². The van der Waals surface area contributed by atoms with Crippen LogP contribution in [0.2, 0.25) is 0 Å². The quantitative estimate of drug-likeness (QED) is 0.768. The fourth-order valence-corrected chi connectivity index (χ4v) is 3.20. The molecular weight excluding hydrogens is 212 g/mol. The Morgan fingerprint density at radius 3 is 2.71 bits per heavy atom. The van der Waals surface area contributed by atoms with E-state index in [9.17, 15) is 0 Å². The van der Waals surface area contributed by atoms with E-state index in [0.717, 1.165) is 19.1 Å². The summed E-state index contributed by atoms with van der Waals surface area (Å²) < 4.78 is 5.76. The Morgan fingerprint density at radius 1 is 1.41 bits per heavy atom. The minimum atomic E-state index is 0.297. The standard InChI is InChI=1S/C14H28N2O/c1-5-17-13-8-12(14(13,3)4)16-9-11-6-7-15-10(11)2/h10-13,15-16H,5-9H2,1-4H3. The predicted octanol–water partition coefficient (Wildman–Crippen LogP) is 1.78. The molecule has 0 amide bonds. The van der Waals surface area contributed by atoms with Crippen molar-refractivity contribution in [1.82, 2.24) is 10.6 Å². The molecule has 3 nitrogen and oxygen atoms in total. The van der Waals surface area contributed by atoms with Crippen LogP contribution in [0, 0.1) is 11.3 Å². The van der Waals surface area contributed by atoms with Crippen molar-refractivity contribution in [3.05, 3.63) is 0 Å².